The summed E-state index contributed by atoms with van der Waals surface area (Å²) < 4.78 is 0. The SMILES string of the molecule is NC(=O)[C@@H]1CCCN1C(=O)[C@@H]1[C@@H]2CC[C@@H](C[C@H]2O)N1C(=O)O. The van der Waals surface area contributed by atoms with Crippen LogP contribution in [0.5, 0.6) is 0 Å². The van der Waals surface area contributed by atoms with Crippen molar-refractivity contribution in [1.82, 2.24) is 9.80 Å². The number of aliphatic hydroxyl groups is 1. The fourth-order valence-electron chi connectivity index (χ4n) is 4.28. The summed E-state index contributed by atoms with van der Waals surface area (Å²) in [4.78, 5) is 38.5. The molecule has 0 spiro atoms. The van der Waals surface area contributed by atoms with Gasteiger partial charge in [0.15, 0.2) is 0 Å². The maximum Gasteiger partial charge on any atom is 0.408 e. The van der Waals surface area contributed by atoms with Crippen molar-refractivity contribution in [3.63, 3.8) is 0 Å². The van der Waals surface area contributed by atoms with Gasteiger partial charge >= 0.3 is 6.09 Å². The van der Waals surface area contributed by atoms with Crippen molar-refractivity contribution < 1.29 is 24.6 Å². The lowest BCUT2D eigenvalue weighted by Crippen LogP contribution is -2.67. The summed E-state index contributed by atoms with van der Waals surface area (Å²) in [7, 11) is 0. The maximum absolute atomic E-state index is 12.9. The normalized spacial score (nSPS) is 37.4. The molecule has 3 heterocycles. The number of hydrogen-bond donors (Lipinski definition) is 3. The number of rotatable bonds is 2. The molecular weight excluding hydrogens is 290 g/mol. The molecule has 3 saturated heterocycles. The van der Waals surface area contributed by atoms with Gasteiger partial charge in [0.2, 0.25) is 11.8 Å². The van der Waals surface area contributed by atoms with E-state index in [1.165, 1.54) is 9.80 Å². The average molecular weight is 311 g/mol. The van der Waals surface area contributed by atoms with Crippen LogP contribution in [0, 0.1) is 5.92 Å². The molecule has 0 unspecified atom stereocenters. The molecule has 122 valence electrons. The highest BCUT2D eigenvalue weighted by Gasteiger charge is 2.53. The first kappa shape index (κ1) is 15.1. The number of aliphatic hydroxyl groups excluding tert-OH is 1. The quantitative estimate of drug-likeness (QED) is 0.625. The van der Waals surface area contributed by atoms with Crippen molar-refractivity contribution in [3.8, 4) is 0 Å². The van der Waals surface area contributed by atoms with E-state index in [9.17, 15) is 24.6 Å². The van der Waals surface area contributed by atoms with Crippen LogP contribution in [-0.2, 0) is 9.59 Å². The number of carbonyl (C=O) groups is 3. The molecule has 5 atom stereocenters. The van der Waals surface area contributed by atoms with Gasteiger partial charge in [-0.25, -0.2) is 4.79 Å². The average Bonchev–Trinajstić information content (AvgIpc) is 2.95. The first-order valence-corrected chi connectivity index (χ1v) is 7.71. The van der Waals surface area contributed by atoms with Crippen molar-refractivity contribution in [3.05, 3.63) is 0 Å². The minimum Gasteiger partial charge on any atom is -0.465 e. The Kier molecular flexibility index (Phi) is 3.72. The van der Waals surface area contributed by atoms with Crippen LogP contribution in [0.25, 0.3) is 0 Å². The van der Waals surface area contributed by atoms with Crippen molar-refractivity contribution >= 4 is 17.9 Å². The predicted octanol–water partition coefficient (Wildman–Crippen LogP) is -0.645. The highest BCUT2D eigenvalue weighted by molar-refractivity contribution is 5.91. The summed E-state index contributed by atoms with van der Waals surface area (Å²) in [6.45, 7) is 0.407. The van der Waals surface area contributed by atoms with Gasteiger partial charge in [-0.15, -0.1) is 0 Å². The van der Waals surface area contributed by atoms with Gasteiger partial charge in [0.1, 0.15) is 12.1 Å². The topological polar surface area (TPSA) is 124 Å². The Labute approximate surface area is 127 Å². The fourth-order valence-corrected chi connectivity index (χ4v) is 4.28. The molecule has 0 aromatic rings. The van der Waals surface area contributed by atoms with E-state index in [2.05, 4.69) is 0 Å². The molecule has 8 nitrogen and oxygen atoms in total. The second kappa shape index (κ2) is 5.42. The smallest absolute Gasteiger partial charge is 0.408 e. The van der Waals surface area contributed by atoms with Gasteiger partial charge < -0.3 is 20.8 Å². The molecule has 4 rings (SSSR count). The lowest BCUT2D eigenvalue weighted by atomic mass is 9.72. The van der Waals surface area contributed by atoms with Crippen molar-refractivity contribution in [2.75, 3.05) is 6.54 Å². The molecule has 8 heteroatoms. The minimum atomic E-state index is -1.14. The van der Waals surface area contributed by atoms with E-state index in [0.717, 1.165) is 0 Å². The number of piperidine rings is 2. The van der Waals surface area contributed by atoms with Crippen LogP contribution in [0.1, 0.15) is 32.1 Å². The van der Waals surface area contributed by atoms with Gasteiger partial charge in [0, 0.05) is 18.5 Å². The highest BCUT2D eigenvalue weighted by atomic mass is 16.4. The zero-order valence-electron chi connectivity index (χ0n) is 12.2. The van der Waals surface area contributed by atoms with Crippen LogP contribution < -0.4 is 5.73 Å². The Morgan fingerprint density at radius 3 is 2.45 bits per heavy atom. The van der Waals surface area contributed by atoms with E-state index >= 15 is 0 Å². The molecule has 1 saturated carbocycles. The monoisotopic (exact) mass is 311 g/mol. The molecule has 0 radical (unpaired) electrons. The molecule has 4 N–H and O–H groups in total. The number of carboxylic acid groups (broad SMARTS) is 1. The van der Waals surface area contributed by atoms with E-state index in [-0.39, 0.29) is 6.04 Å². The molecular formula is C14H21N3O5. The standard InChI is InChI=1S/C14H21N3O5/c15-12(19)9-2-1-5-16(9)13(20)11-8-4-3-7(6-10(8)18)17(11)14(21)22/h7-11,18H,1-6H2,(H2,15,19)(H,21,22)/t7-,8+,9-,10+,11-/m0/s1. The zero-order chi connectivity index (χ0) is 16.0. The first-order valence-electron chi connectivity index (χ1n) is 7.71. The number of likely N-dealkylation sites (tertiary alicyclic amines) is 1. The lowest BCUT2D eigenvalue weighted by Gasteiger charge is -2.52. The number of fused-ring (bicyclic) bond motifs is 3. The largest absolute Gasteiger partial charge is 0.465 e. The predicted molar refractivity (Wildman–Crippen MR) is 74.7 cm³/mol. The number of hydrogen-bond acceptors (Lipinski definition) is 4. The number of carbonyl (C=O) groups excluding carboxylic acids is 2. The molecule has 0 aromatic heterocycles. The minimum absolute atomic E-state index is 0.332. The van der Waals surface area contributed by atoms with Gasteiger partial charge in [-0.2, -0.15) is 0 Å². The Morgan fingerprint density at radius 1 is 1.14 bits per heavy atom. The van der Waals surface area contributed by atoms with E-state index in [1.54, 1.807) is 0 Å². The van der Waals surface area contributed by atoms with Crippen molar-refractivity contribution in [2.45, 2.75) is 56.3 Å². The molecule has 4 aliphatic rings. The van der Waals surface area contributed by atoms with Gasteiger partial charge in [-0.1, -0.05) is 0 Å². The van der Waals surface area contributed by atoms with Crippen LogP contribution in [0.4, 0.5) is 4.79 Å². The van der Waals surface area contributed by atoms with Crippen LogP contribution in [-0.4, -0.2) is 68.7 Å². The molecule has 3 amide bonds. The third-order valence-corrected chi connectivity index (χ3v) is 5.28. The summed E-state index contributed by atoms with van der Waals surface area (Å²) in [5, 5.41) is 19.6. The van der Waals surface area contributed by atoms with Gasteiger partial charge in [-0.05, 0) is 32.1 Å². The number of nitrogens with two attached hydrogens (primary N) is 1. The summed E-state index contributed by atoms with van der Waals surface area (Å²) in [5.74, 6) is -1.35. The van der Waals surface area contributed by atoms with E-state index < -0.39 is 42.0 Å². The van der Waals surface area contributed by atoms with E-state index in [1.807, 2.05) is 0 Å². The Bertz CT molecular complexity index is 511. The molecule has 3 aliphatic heterocycles. The molecule has 0 aromatic carbocycles. The fraction of sp³-hybridized carbons (Fsp3) is 0.786. The molecule has 1 aliphatic carbocycles. The van der Waals surface area contributed by atoms with E-state index in [0.29, 0.717) is 38.6 Å². The summed E-state index contributed by atoms with van der Waals surface area (Å²) in [6, 6.07) is -1.90. The Morgan fingerprint density at radius 2 is 1.86 bits per heavy atom. The zero-order valence-corrected chi connectivity index (χ0v) is 12.2. The molecule has 2 bridgehead atoms. The lowest BCUT2D eigenvalue weighted by molar-refractivity contribution is -0.154. The number of nitrogens with zero attached hydrogens (tertiary/aromatic N) is 2. The van der Waals surface area contributed by atoms with Gasteiger partial charge in [-0.3, -0.25) is 14.5 Å². The van der Waals surface area contributed by atoms with Gasteiger partial charge in [0.05, 0.1) is 6.10 Å². The van der Waals surface area contributed by atoms with Crippen molar-refractivity contribution in [2.24, 2.45) is 11.7 Å². The van der Waals surface area contributed by atoms with Crippen LogP contribution in [0.3, 0.4) is 0 Å². The summed E-state index contributed by atoms with van der Waals surface area (Å²) in [6.07, 6.45) is 1.04. The van der Waals surface area contributed by atoms with Crippen molar-refractivity contribution in [1.29, 1.82) is 0 Å². The van der Waals surface area contributed by atoms with E-state index in [4.69, 9.17) is 5.73 Å². The number of amides is 3. The van der Waals surface area contributed by atoms with Crippen LogP contribution in [0.2, 0.25) is 0 Å². The summed E-state index contributed by atoms with van der Waals surface area (Å²) >= 11 is 0. The van der Waals surface area contributed by atoms with Crippen LogP contribution in [0.15, 0.2) is 0 Å². The molecule has 4 fully saturated rings. The van der Waals surface area contributed by atoms with Crippen LogP contribution >= 0.6 is 0 Å². The third kappa shape index (κ3) is 2.22. The second-order valence-corrected chi connectivity index (χ2v) is 6.42. The molecule has 22 heavy (non-hydrogen) atoms. The third-order valence-electron chi connectivity index (χ3n) is 5.28. The highest BCUT2D eigenvalue weighted by Crippen LogP contribution is 2.41. The first-order chi connectivity index (χ1) is 10.4. The second-order valence-electron chi connectivity index (χ2n) is 6.42. The Hall–Kier alpha value is -1.83. The Balaban J connectivity index is 1.88. The van der Waals surface area contributed by atoms with Gasteiger partial charge in [0.25, 0.3) is 0 Å². The maximum atomic E-state index is 12.9. The number of primary amides is 1. The summed E-state index contributed by atoms with van der Waals surface area (Å²) in [5.41, 5.74) is 5.34.